The lowest BCUT2D eigenvalue weighted by Crippen LogP contribution is -2.39. The van der Waals surface area contributed by atoms with Crippen LogP contribution in [-0.4, -0.2) is 27.6 Å². The Balaban J connectivity index is 1.51. The van der Waals surface area contributed by atoms with Crippen molar-refractivity contribution in [3.8, 4) is 0 Å². The first-order chi connectivity index (χ1) is 15.3. The number of hydroxylamine groups is 2. The molecule has 1 heterocycles. The number of carbonyl (C=O) groups is 2. The van der Waals surface area contributed by atoms with E-state index in [0.29, 0.717) is 10.8 Å². The Kier molecular flexibility index (Phi) is 5.27. The average Bonchev–Trinajstić information content (AvgIpc) is 2.77. The highest BCUT2D eigenvalue weighted by atomic mass is 32.2. The molecule has 0 bridgehead atoms. The van der Waals surface area contributed by atoms with Crippen molar-refractivity contribution in [2.45, 2.75) is 22.1 Å². The summed E-state index contributed by atoms with van der Waals surface area (Å²) >= 11 is 0.725. The SMILES string of the molecule is O=C1c2cccc3c(SC4C=c5ccccc5=CC4)ccc(c23)C(=O)N1OSC(F)(F)F. The summed E-state index contributed by atoms with van der Waals surface area (Å²) in [6.07, 6.45) is 5.20. The molecule has 32 heavy (non-hydrogen) atoms. The van der Waals surface area contributed by atoms with Gasteiger partial charge in [0.25, 0.3) is 11.8 Å². The van der Waals surface area contributed by atoms with Crippen LogP contribution in [0.25, 0.3) is 22.9 Å². The molecule has 0 N–H and O–H groups in total. The van der Waals surface area contributed by atoms with Crippen LogP contribution in [0.5, 0.6) is 0 Å². The van der Waals surface area contributed by atoms with Gasteiger partial charge in [-0.3, -0.25) is 9.59 Å². The molecule has 4 nitrogen and oxygen atoms in total. The van der Waals surface area contributed by atoms with Crippen LogP contribution in [-0.2, 0) is 4.28 Å². The smallest absolute Gasteiger partial charge is 0.266 e. The van der Waals surface area contributed by atoms with E-state index in [1.165, 1.54) is 17.4 Å². The van der Waals surface area contributed by atoms with Crippen LogP contribution < -0.4 is 10.4 Å². The Morgan fingerprint density at radius 2 is 1.62 bits per heavy atom. The second-order valence-electron chi connectivity index (χ2n) is 7.24. The minimum Gasteiger partial charge on any atom is -0.266 e. The molecule has 5 rings (SSSR count). The molecular formula is C23H14F3NO3S2. The van der Waals surface area contributed by atoms with E-state index in [-0.39, 0.29) is 21.4 Å². The van der Waals surface area contributed by atoms with Crippen LogP contribution in [0.2, 0.25) is 0 Å². The standard InChI is InChI=1S/C23H14F3NO3S2/c24-23(25,26)32-30-27-21(28)17-7-3-6-16-19(11-10-18(20(16)17)22(27)29)31-15-9-8-13-4-1-2-5-14(13)12-15/h1-8,10-12,15H,9H2. The third kappa shape index (κ3) is 3.80. The van der Waals surface area contributed by atoms with E-state index in [1.54, 1.807) is 23.9 Å². The highest BCUT2D eigenvalue weighted by Gasteiger charge is 2.39. The van der Waals surface area contributed by atoms with E-state index >= 15 is 0 Å². The quantitative estimate of drug-likeness (QED) is 0.408. The van der Waals surface area contributed by atoms with Crippen molar-refractivity contribution in [1.82, 2.24) is 5.06 Å². The van der Waals surface area contributed by atoms with Gasteiger partial charge in [0.15, 0.2) is 0 Å². The van der Waals surface area contributed by atoms with Gasteiger partial charge in [-0.05, 0) is 40.4 Å². The molecule has 0 radical (unpaired) electrons. The van der Waals surface area contributed by atoms with Crippen LogP contribution in [0.1, 0.15) is 27.1 Å². The second-order valence-corrected chi connectivity index (χ2v) is 9.30. The van der Waals surface area contributed by atoms with Gasteiger partial charge in [-0.2, -0.15) is 17.5 Å². The monoisotopic (exact) mass is 473 g/mol. The molecule has 1 unspecified atom stereocenters. The highest BCUT2D eigenvalue weighted by Crippen LogP contribution is 2.40. The first-order valence-electron chi connectivity index (χ1n) is 9.62. The summed E-state index contributed by atoms with van der Waals surface area (Å²) in [7, 11) is 0. The van der Waals surface area contributed by atoms with Gasteiger partial charge < -0.3 is 0 Å². The number of fused-ring (bicyclic) bond motifs is 1. The number of imide groups is 1. The predicted molar refractivity (Wildman–Crippen MR) is 118 cm³/mol. The van der Waals surface area contributed by atoms with E-state index in [4.69, 9.17) is 0 Å². The summed E-state index contributed by atoms with van der Waals surface area (Å²) in [4.78, 5) is 26.4. The number of hydrogen-bond donors (Lipinski definition) is 0. The summed E-state index contributed by atoms with van der Waals surface area (Å²) in [6, 6.07) is 16.4. The zero-order valence-electron chi connectivity index (χ0n) is 16.3. The number of benzene rings is 3. The Hall–Kier alpha value is -2.75. The van der Waals surface area contributed by atoms with Crippen molar-refractivity contribution in [2.24, 2.45) is 0 Å². The molecule has 1 atom stereocenters. The molecular weight excluding hydrogens is 459 g/mol. The van der Waals surface area contributed by atoms with Gasteiger partial charge in [0.1, 0.15) is 12.0 Å². The fourth-order valence-corrected chi connectivity index (χ4v) is 5.37. The molecule has 0 fully saturated rings. The summed E-state index contributed by atoms with van der Waals surface area (Å²) in [6.45, 7) is 0. The van der Waals surface area contributed by atoms with E-state index in [1.807, 2.05) is 18.2 Å². The van der Waals surface area contributed by atoms with Crippen molar-refractivity contribution < 1.29 is 27.0 Å². The maximum atomic E-state index is 12.8. The van der Waals surface area contributed by atoms with Gasteiger partial charge in [-0.15, -0.1) is 16.8 Å². The molecule has 2 aliphatic rings. The van der Waals surface area contributed by atoms with Crippen molar-refractivity contribution in [3.63, 3.8) is 0 Å². The normalized spacial score (nSPS) is 17.7. The molecule has 1 aliphatic heterocycles. The van der Waals surface area contributed by atoms with Crippen LogP contribution in [0, 0.1) is 0 Å². The fraction of sp³-hybridized carbons (Fsp3) is 0.130. The lowest BCUT2D eigenvalue weighted by Gasteiger charge is -2.26. The summed E-state index contributed by atoms with van der Waals surface area (Å²) in [5.74, 6) is -1.84. The average molecular weight is 473 g/mol. The third-order valence-corrected chi connectivity index (χ3v) is 6.90. The zero-order chi connectivity index (χ0) is 22.5. The van der Waals surface area contributed by atoms with Gasteiger partial charge in [0, 0.05) is 15.5 Å². The van der Waals surface area contributed by atoms with E-state index in [9.17, 15) is 22.8 Å². The van der Waals surface area contributed by atoms with E-state index < -0.39 is 29.4 Å². The summed E-state index contributed by atoms with van der Waals surface area (Å²) in [5, 5.41) is 3.82. The Morgan fingerprint density at radius 3 is 2.38 bits per heavy atom. The van der Waals surface area contributed by atoms with Crippen molar-refractivity contribution in [1.29, 1.82) is 0 Å². The highest BCUT2D eigenvalue weighted by molar-refractivity contribution is 8.00. The van der Waals surface area contributed by atoms with Gasteiger partial charge in [-0.1, -0.05) is 48.6 Å². The van der Waals surface area contributed by atoms with Crippen molar-refractivity contribution >= 4 is 58.5 Å². The number of hydrogen-bond acceptors (Lipinski definition) is 5. The maximum absolute atomic E-state index is 12.8. The van der Waals surface area contributed by atoms with Gasteiger partial charge >= 0.3 is 5.51 Å². The Morgan fingerprint density at radius 1 is 0.906 bits per heavy atom. The second kappa shape index (κ2) is 7.99. The maximum Gasteiger partial charge on any atom is 0.470 e. The van der Waals surface area contributed by atoms with Gasteiger partial charge in [0.2, 0.25) is 0 Å². The van der Waals surface area contributed by atoms with Crippen LogP contribution >= 0.6 is 23.8 Å². The number of halogens is 3. The lowest BCUT2D eigenvalue weighted by atomic mass is 9.95. The fourth-order valence-electron chi connectivity index (χ4n) is 3.90. The number of thioether (sulfide) groups is 1. The number of carbonyl (C=O) groups excluding carboxylic acids is 2. The van der Waals surface area contributed by atoms with Crippen molar-refractivity contribution in [3.05, 3.63) is 76.2 Å². The Bertz CT molecular complexity index is 1370. The Labute approximate surface area is 188 Å². The van der Waals surface area contributed by atoms with Crippen LogP contribution in [0.15, 0.2) is 59.5 Å². The summed E-state index contributed by atoms with van der Waals surface area (Å²) < 4.78 is 42.1. The molecule has 0 aromatic heterocycles. The van der Waals surface area contributed by atoms with Crippen LogP contribution in [0.4, 0.5) is 13.2 Å². The largest absolute Gasteiger partial charge is 0.470 e. The molecule has 9 heteroatoms. The molecule has 2 amide bonds. The summed E-state index contributed by atoms with van der Waals surface area (Å²) in [5.41, 5.74) is -4.49. The molecule has 0 saturated heterocycles. The minimum absolute atomic E-state index is 0.131. The lowest BCUT2D eigenvalue weighted by molar-refractivity contribution is -0.0570. The van der Waals surface area contributed by atoms with Gasteiger partial charge in [0.05, 0.1) is 11.1 Å². The first-order valence-corrected chi connectivity index (χ1v) is 11.2. The molecule has 0 spiro atoms. The molecule has 162 valence electrons. The van der Waals surface area contributed by atoms with E-state index in [2.05, 4.69) is 28.6 Å². The number of rotatable bonds is 4. The minimum atomic E-state index is -4.75. The number of nitrogens with zero attached hydrogens (tertiary/aromatic N) is 1. The van der Waals surface area contributed by atoms with Crippen molar-refractivity contribution in [2.75, 3.05) is 0 Å². The molecule has 1 aliphatic carbocycles. The zero-order valence-corrected chi connectivity index (χ0v) is 17.9. The predicted octanol–water partition coefficient (Wildman–Crippen LogP) is 4.66. The molecule has 0 saturated carbocycles. The topological polar surface area (TPSA) is 46.6 Å². The first kappa shape index (κ1) is 21.1. The third-order valence-electron chi connectivity index (χ3n) is 5.25. The van der Waals surface area contributed by atoms with Gasteiger partial charge in [-0.25, -0.2) is 0 Å². The molecule has 3 aromatic carbocycles. The van der Waals surface area contributed by atoms with E-state index in [0.717, 1.165) is 16.5 Å². The number of alkyl halides is 3. The number of amides is 2. The molecule has 3 aromatic rings. The van der Waals surface area contributed by atoms with Crippen LogP contribution in [0.3, 0.4) is 0 Å².